The molecule has 2 aromatic carbocycles. The first kappa shape index (κ1) is 16.3. The number of non-ortho nitro benzene ring substituents is 1. The Morgan fingerprint density at radius 3 is 2.52 bits per heavy atom. The molecule has 0 radical (unpaired) electrons. The van der Waals surface area contributed by atoms with Crippen LogP contribution >= 0.6 is 0 Å². The molecule has 23 heavy (non-hydrogen) atoms. The molecule has 2 rings (SSSR count). The van der Waals surface area contributed by atoms with Crippen LogP contribution in [0.25, 0.3) is 0 Å². The van der Waals surface area contributed by atoms with Crippen LogP contribution in [0.3, 0.4) is 0 Å². The minimum absolute atomic E-state index is 0.138. The highest BCUT2D eigenvalue weighted by molar-refractivity contribution is 6.09. The van der Waals surface area contributed by atoms with E-state index in [1.807, 2.05) is 0 Å². The summed E-state index contributed by atoms with van der Waals surface area (Å²) in [4.78, 5) is 24.7. The van der Waals surface area contributed by atoms with Crippen LogP contribution in [-0.4, -0.2) is 32.0 Å². The van der Waals surface area contributed by atoms with Crippen molar-refractivity contribution in [3.8, 4) is 5.75 Å². The van der Waals surface area contributed by atoms with E-state index < -0.39 is 10.8 Å². The number of nitro groups is 1. The van der Waals surface area contributed by atoms with Gasteiger partial charge in [-0.1, -0.05) is 12.1 Å². The van der Waals surface area contributed by atoms with E-state index in [1.165, 1.54) is 19.2 Å². The van der Waals surface area contributed by atoms with Gasteiger partial charge in [-0.05, 0) is 18.2 Å². The van der Waals surface area contributed by atoms with E-state index in [-0.39, 0.29) is 11.3 Å². The Labute approximate surface area is 133 Å². The second-order valence-electron chi connectivity index (χ2n) is 5.01. The van der Waals surface area contributed by atoms with Gasteiger partial charge in [0.25, 0.3) is 11.6 Å². The molecule has 0 spiro atoms. The Balaban J connectivity index is 2.41. The maximum absolute atomic E-state index is 12.6. The first-order valence-corrected chi connectivity index (χ1v) is 6.84. The van der Waals surface area contributed by atoms with Gasteiger partial charge >= 0.3 is 0 Å². The van der Waals surface area contributed by atoms with Crippen LogP contribution < -0.4 is 15.0 Å². The first-order valence-electron chi connectivity index (χ1n) is 6.84. The molecular weight excluding hydrogens is 298 g/mol. The predicted molar refractivity (Wildman–Crippen MR) is 88.4 cm³/mol. The maximum Gasteiger partial charge on any atom is 0.270 e. The lowest BCUT2D eigenvalue weighted by molar-refractivity contribution is -0.384. The zero-order chi connectivity index (χ0) is 17.0. The summed E-state index contributed by atoms with van der Waals surface area (Å²) >= 11 is 0. The van der Waals surface area contributed by atoms with Gasteiger partial charge in [0.2, 0.25) is 0 Å². The minimum atomic E-state index is -0.528. The van der Waals surface area contributed by atoms with Crippen molar-refractivity contribution in [3.05, 3.63) is 58.1 Å². The Bertz CT molecular complexity index is 744. The average Bonchev–Trinajstić information content (AvgIpc) is 2.54. The zero-order valence-electron chi connectivity index (χ0n) is 13.1. The van der Waals surface area contributed by atoms with E-state index in [4.69, 9.17) is 4.74 Å². The molecule has 0 fully saturated rings. The lowest BCUT2D eigenvalue weighted by Crippen LogP contribution is -2.19. The topological polar surface area (TPSA) is 84.7 Å². The first-order chi connectivity index (χ1) is 10.9. The van der Waals surface area contributed by atoms with Gasteiger partial charge in [0, 0.05) is 31.9 Å². The minimum Gasteiger partial charge on any atom is -0.495 e. The normalized spacial score (nSPS) is 10.0. The van der Waals surface area contributed by atoms with Gasteiger partial charge in [-0.3, -0.25) is 14.9 Å². The average molecular weight is 315 g/mol. The number of benzene rings is 2. The fourth-order valence-electron chi connectivity index (χ4n) is 2.15. The predicted octanol–water partition coefficient (Wildman–Crippen LogP) is 2.92. The largest absolute Gasteiger partial charge is 0.495 e. The highest BCUT2D eigenvalue weighted by atomic mass is 16.6. The Kier molecular flexibility index (Phi) is 4.80. The molecule has 0 saturated heterocycles. The van der Waals surface area contributed by atoms with Crippen molar-refractivity contribution < 1.29 is 14.5 Å². The molecule has 0 bridgehead atoms. The van der Waals surface area contributed by atoms with Gasteiger partial charge in [0.1, 0.15) is 5.75 Å². The molecule has 0 aliphatic carbocycles. The van der Waals surface area contributed by atoms with Crippen molar-refractivity contribution in [1.29, 1.82) is 0 Å². The third kappa shape index (κ3) is 3.57. The number of rotatable bonds is 5. The smallest absolute Gasteiger partial charge is 0.270 e. The van der Waals surface area contributed by atoms with Crippen molar-refractivity contribution in [2.24, 2.45) is 0 Å². The van der Waals surface area contributed by atoms with Crippen molar-refractivity contribution in [3.63, 3.8) is 0 Å². The fraction of sp³-hybridized carbons (Fsp3) is 0.188. The summed E-state index contributed by atoms with van der Waals surface area (Å²) in [7, 11) is 5.03. The number of carbonyl (C=O) groups is 1. The van der Waals surface area contributed by atoms with Crippen LogP contribution in [0.5, 0.6) is 5.75 Å². The van der Waals surface area contributed by atoms with Crippen LogP contribution in [0.1, 0.15) is 10.4 Å². The molecule has 1 N–H and O–H groups in total. The second kappa shape index (κ2) is 6.78. The van der Waals surface area contributed by atoms with Gasteiger partial charge in [0.05, 0.1) is 23.3 Å². The Morgan fingerprint density at radius 2 is 1.91 bits per heavy atom. The van der Waals surface area contributed by atoms with E-state index in [9.17, 15) is 14.9 Å². The number of nitro benzene ring substituents is 1. The summed E-state index contributed by atoms with van der Waals surface area (Å²) in [6.45, 7) is 0. The number of nitrogens with one attached hydrogen (secondary N) is 1. The number of nitrogens with zero attached hydrogens (tertiary/aromatic N) is 2. The number of hydrogen-bond acceptors (Lipinski definition) is 5. The van der Waals surface area contributed by atoms with Crippen LogP contribution in [-0.2, 0) is 0 Å². The molecule has 0 heterocycles. The van der Waals surface area contributed by atoms with Gasteiger partial charge in [-0.2, -0.15) is 0 Å². The number of hydrogen-bond donors (Lipinski definition) is 1. The van der Waals surface area contributed by atoms with Crippen molar-refractivity contribution in [1.82, 2.24) is 0 Å². The Hall–Kier alpha value is -3.09. The number of amides is 1. The summed E-state index contributed by atoms with van der Waals surface area (Å²) in [5, 5.41) is 13.7. The second-order valence-corrected chi connectivity index (χ2v) is 5.01. The summed E-state index contributed by atoms with van der Waals surface area (Å²) in [5.74, 6) is 0.0691. The summed E-state index contributed by atoms with van der Waals surface area (Å²) in [6.07, 6.45) is 0. The number of carbonyl (C=O) groups excluding carboxylic acids is 1. The van der Waals surface area contributed by atoms with E-state index in [0.717, 1.165) is 0 Å². The highest BCUT2D eigenvalue weighted by Gasteiger charge is 2.19. The van der Waals surface area contributed by atoms with Crippen molar-refractivity contribution in [2.75, 3.05) is 31.4 Å². The number of anilines is 2. The van der Waals surface area contributed by atoms with Crippen LogP contribution in [0.4, 0.5) is 17.1 Å². The fourth-order valence-corrected chi connectivity index (χ4v) is 2.15. The molecule has 0 aliphatic rings. The van der Waals surface area contributed by atoms with E-state index in [1.54, 1.807) is 49.3 Å². The maximum atomic E-state index is 12.6. The van der Waals surface area contributed by atoms with Crippen LogP contribution in [0.2, 0.25) is 0 Å². The third-order valence-corrected chi connectivity index (χ3v) is 3.27. The molecule has 1 amide bonds. The molecule has 0 aliphatic heterocycles. The number of methoxy groups -OCH3 is 1. The van der Waals surface area contributed by atoms with Crippen LogP contribution in [0.15, 0.2) is 42.5 Å². The molecule has 7 nitrogen and oxygen atoms in total. The number of ether oxygens (including phenoxy) is 1. The molecule has 2 aromatic rings. The molecule has 0 atom stereocenters. The van der Waals surface area contributed by atoms with Gasteiger partial charge in [-0.15, -0.1) is 0 Å². The highest BCUT2D eigenvalue weighted by Crippen LogP contribution is 2.28. The molecule has 0 saturated carbocycles. The van der Waals surface area contributed by atoms with E-state index in [2.05, 4.69) is 5.32 Å². The van der Waals surface area contributed by atoms with Crippen molar-refractivity contribution in [2.45, 2.75) is 0 Å². The molecule has 0 aromatic heterocycles. The quantitative estimate of drug-likeness (QED) is 0.677. The summed E-state index contributed by atoms with van der Waals surface area (Å²) < 4.78 is 5.19. The SMILES string of the molecule is COc1ccccc1NC(=O)c1cc([N+](=O)[O-])ccc1N(C)C. The summed E-state index contributed by atoms with van der Waals surface area (Å²) in [5.41, 5.74) is 1.16. The molecule has 0 unspecified atom stereocenters. The molecular formula is C16H17N3O4. The molecule has 7 heteroatoms. The van der Waals surface area contributed by atoms with Crippen molar-refractivity contribution >= 4 is 23.0 Å². The monoisotopic (exact) mass is 315 g/mol. The lowest BCUT2D eigenvalue weighted by Gasteiger charge is -2.17. The standard InChI is InChI=1S/C16H17N3O4/c1-18(2)14-9-8-11(19(21)22)10-12(14)16(20)17-13-6-4-5-7-15(13)23-3/h4-10H,1-3H3,(H,17,20). The third-order valence-electron chi connectivity index (χ3n) is 3.27. The van der Waals surface area contributed by atoms with Crippen LogP contribution in [0, 0.1) is 10.1 Å². The van der Waals surface area contributed by atoms with Gasteiger partial charge in [-0.25, -0.2) is 0 Å². The lowest BCUT2D eigenvalue weighted by atomic mass is 10.1. The Morgan fingerprint density at radius 1 is 1.22 bits per heavy atom. The van der Waals surface area contributed by atoms with Gasteiger partial charge < -0.3 is 15.0 Å². The van der Waals surface area contributed by atoms with Gasteiger partial charge in [0.15, 0.2) is 0 Å². The van der Waals surface area contributed by atoms with E-state index >= 15 is 0 Å². The van der Waals surface area contributed by atoms with E-state index in [0.29, 0.717) is 17.1 Å². The zero-order valence-corrected chi connectivity index (χ0v) is 13.1. The molecule has 120 valence electrons. The number of para-hydroxylation sites is 2. The summed E-state index contributed by atoms with van der Waals surface area (Å²) in [6, 6.07) is 11.1.